The van der Waals surface area contributed by atoms with E-state index in [0.717, 1.165) is 23.1 Å². The molecule has 112 valence electrons. The number of hydrogen-bond acceptors (Lipinski definition) is 3. The SMILES string of the molecule is CC(C)CC(C)N(C)c1nc2ccccc2cc1C(=N)N. The normalized spacial score (nSPS) is 12.6. The average Bonchev–Trinajstić information content (AvgIpc) is 2.44. The second-order valence-electron chi connectivity index (χ2n) is 6.06. The van der Waals surface area contributed by atoms with Crippen molar-refractivity contribution >= 4 is 22.6 Å². The number of pyridine rings is 1. The van der Waals surface area contributed by atoms with Crippen LogP contribution in [-0.4, -0.2) is 23.9 Å². The standard InChI is InChI=1S/C17H24N4/c1-11(2)9-12(3)21(4)17-14(16(18)19)10-13-7-5-6-8-15(13)20-17/h5-8,10-12H,9H2,1-4H3,(H3,18,19). The van der Waals surface area contributed by atoms with Crippen LogP contribution in [0, 0.1) is 11.3 Å². The molecule has 1 heterocycles. The van der Waals surface area contributed by atoms with E-state index in [1.165, 1.54) is 0 Å². The van der Waals surface area contributed by atoms with Crippen molar-refractivity contribution in [2.45, 2.75) is 33.2 Å². The Morgan fingerprint density at radius 3 is 2.57 bits per heavy atom. The van der Waals surface area contributed by atoms with Gasteiger partial charge in [-0.2, -0.15) is 0 Å². The van der Waals surface area contributed by atoms with Crippen LogP contribution in [0.25, 0.3) is 10.9 Å². The summed E-state index contributed by atoms with van der Waals surface area (Å²) in [6.07, 6.45) is 1.07. The van der Waals surface area contributed by atoms with E-state index in [1.54, 1.807) is 0 Å². The van der Waals surface area contributed by atoms with Crippen molar-refractivity contribution < 1.29 is 0 Å². The number of aromatic nitrogens is 1. The number of nitrogens with zero attached hydrogens (tertiary/aromatic N) is 2. The zero-order chi connectivity index (χ0) is 15.6. The van der Waals surface area contributed by atoms with Gasteiger partial charge in [-0.1, -0.05) is 32.0 Å². The summed E-state index contributed by atoms with van der Waals surface area (Å²) in [4.78, 5) is 6.86. The van der Waals surface area contributed by atoms with E-state index in [9.17, 15) is 0 Å². The summed E-state index contributed by atoms with van der Waals surface area (Å²) < 4.78 is 0. The highest BCUT2D eigenvalue weighted by Crippen LogP contribution is 2.25. The van der Waals surface area contributed by atoms with Gasteiger partial charge in [0.2, 0.25) is 0 Å². The maximum absolute atomic E-state index is 7.84. The average molecular weight is 284 g/mol. The first kappa shape index (κ1) is 15.3. The maximum Gasteiger partial charge on any atom is 0.140 e. The molecule has 1 atom stereocenters. The van der Waals surface area contributed by atoms with Gasteiger partial charge in [0.1, 0.15) is 11.7 Å². The number of nitrogens with one attached hydrogen (secondary N) is 1. The van der Waals surface area contributed by atoms with Crippen LogP contribution >= 0.6 is 0 Å². The monoisotopic (exact) mass is 284 g/mol. The van der Waals surface area contributed by atoms with Crippen LogP contribution in [0.5, 0.6) is 0 Å². The Hall–Kier alpha value is -2.10. The van der Waals surface area contributed by atoms with Crippen LogP contribution in [-0.2, 0) is 0 Å². The highest BCUT2D eigenvalue weighted by Gasteiger charge is 2.18. The minimum atomic E-state index is 0.0619. The summed E-state index contributed by atoms with van der Waals surface area (Å²) in [6.45, 7) is 6.61. The van der Waals surface area contributed by atoms with E-state index in [-0.39, 0.29) is 5.84 Å². The predicted molar refractivity (Wildman–Crippen MR) is 90.1 cm³/mol. The molecule has 1 unspecified atom stereocenters. The van der Waals surface area contributed by atoms with Crippen LogP contribution in [0.3, 0.4) is 0 Å². The first-order valence-corrected chi connectivity index (χ1v) is 7.37. The van der Waals surface area contributed by atoms with Gasteiger partial charge in [0.05, 0.1) is 11.1 Å². The summed E-state index contributed by atoms with van der Waals surface area (Å²) in [6, 6.07) is 10.2. The molecule has 2 aromatic rings. The fourth-order valence-corrected chi connectivity index (χ4v) is 2.62. The molecule has 2 rings (SSSR count). The lowest BCUT2D eigenvalue weighted by molar-refractivity contribution is 0.502. The molecule has 0 amide bonds. The number of amidine groups is 1. The van der Waals surface area contributed by atoms with Crippen molar-refractivity contribution in [2.24, 2.45) is 11.7 Å². The van der Waals surface area contributed by atoms with E-state index in [1.807, 2.05) is 37.4 Å². The van der Waals surface area contributed by atoms with Gasteiger partial charge in [-0.05, 0) is 31.4 Å². The molecule has 0 bridgehead atoms. The van der Waals surface area contributed by atoms with E-state index in [2.05, 4.69) is 25.7 Å². The van der Waals surface area contributed by atoms with Gasteiger partial charge in [0.15, 0.2) is 0 Å². The van der Waals surface area contributed by atoms with Crippen molar-refractivity contribution in [3.8, 4) is 0 Å². The third-order valence-electron chi connectivity index (χ3n) is 3.80. The van der Waals surface area contributed by atoms with Crippen LogP contribution in [0.4, 0.5) is 5.82 Å². The topological polar surface area (TPSA) is 66.0 Å². The number of anilines is 1. The van der Waals surface area contributed by atoms with Crippen LogP contribution in [0.1, 0.15) is 32.8 Å². The molecule has 0 saturated heterocycles. The zero-order valence-corrected chi connectivity index (χ0v) is 13.2. The number of rotatable bonds is 5. The number of nitrogens with two attached hydrogens (primary N) is 1. The van der Waals surface area contributed by atoms with Gasteiger partial charge in [-0.25, -0.2) is 4.98 Å². The number of fused-ring (bicyclic) bond motifs is 1. The fraction of sp³-hybridized carbons (Fsp3) is 0.412. The molecular weight excluding hydrogens is 260 g/mol. The Bertz CT molecular complexity index is 648. The highest BCUT2D eigenvalue weighted by molar-refractivity contribution is 6.03. The molecule has 0 saturated carbocycles. The van der Waals surface area contributed by atoms with Crippen LogP contribution in [0.2, 0.25) is 0 Å². The highest BCUT2D eigenvalue weighted by atomic mass is 15.2. The van der Waals surface area contributed by atoms with Gasteiger partial charge in [0, 0.05) is 18.5 Å². The molecule has 3 N–H and O–H groups in total. The fourth-order valence-electron chi connectivity index (χ4n) is 2.62. The maximum atomic E-state index is 7.84. The Balaban J connectivity index is 2.50. The zero-order valence-electron chi connectivity index (χ0n) is 13.2. The van der Waals surface area contributed by atoms with Crippen molar-refractivity contribution in [1.82, 2.24) is 4.98 Å². The second kappa shape index (κ2) is 6.12. The molecule has 4 heteroatoms. The first-order valence-electron chi connectivity index (χ1n) is 7.37. The molecule has 0 aliphatic rings. The number of para-hydroxylation sites is 1. The molecule has 0 aliphatic carbocycles. The second-order valence-corrected chi connectivity index (χ2v) is 6.06. The summed E-state index contributed by atoms with van der Waals surface area (Å²) in [5.74, 6) is 1.46. The molecular formula is C17H24N4. The molecule has 0 radical (unpaired) electrons. The largest absolute Gasteiger partial charge is 0.384 e. The Morgan fingerprint density at radius 1 is 1.29 bits per heavy atom. The molecule has 0 spiro atoms. The Kier molecular flexibility index (Phi) is 4.46. The first-order chi connectivity index (χ1) is 9.90. The van der Waals surface area contributed by atoms with Gasteiger partial charge in [-0.15, -0.1) is 0 Å². The Labute approximate surface area is 126 Å². The lowest BCUT2D eigenvalue weighted by atomic mass is 10.0. The number of hydrogen-bond donors (Lipinski definition) is 2. The number of nitrogen functional groups attached to an aromatic ring is 1. The smallest absolute Gasteiger partial charge is 0.140 e. The van der Waals surface area contributed by atoms with Crippen molar-refractivity contribution in [3.05, 3.63) is 35.9 Å². The molecule has 1 aromatic heterocycles. The summed E-state index contributed by atoms with van der Waals surface area (Å²) in [5.41, 5.74) is 7.39. The predicted octanol–water partition coefficient (Wildman–Crippen LogP) is 3.39. The molecule has 4 nitrogen and oxygen atoms in total. The van der Waals surface area contributed by atoms with Gasteiger partial charge >= 0.3 is 0 Å². The summed E-state index contributed by atoms with van der Waals surface area (Å²) in [5, 5.41) is 8.85. The third kappa shape index (κ3) is 3.32. The van der Waals surface area contributed by atoms with E-state index >= 15 is 0 Å². The lowest BCUT2D eigenvalue weighted by Gasteiger charge is -2.29. The van der Waals surface area contributed by atoms with E-state index in [0.29, 0.717) is 17.5 Å². The quantitative estimate of drug-likeness (QED) is 0.653. The minimum Gasteiger partial charge on any atom is -0.384 e. The summed E-state index contributed by atoms with van der Waals surface area (Å²) >= 11 is 0. The third-order valence-corrected chi connectivity index (χ3v) is 3.80. The van der Waals surface area contributed by atoms with E-state index < -0.39 is 0 Å². The van der Waals surface area contributed by atoms with Crippen molar-refractivity contribution in [1.29, 1.82) is 5.41 Å². The molecule has 0 aliphatic heterocycles. The van der Waals surface area contributed by atoms with Gasteiger partial charge in [-0.3, -0.25) is 5.41 Å². The van der Waals surface area contributed by atoms with Gasteiger partial charge in [0.25, 0.3) is 0 Å². The molecule has 0 fully saturated rings. The molecule has 1 aromatic carbocycles. The lowest BCUT2D eigenvalue weighted by Crippen LogP contribution is -2.33. The van der Waals surface area contributed by atoms with Crippen molar-refractivity contribution in [2.75, 3.05) is 11.9 Å². The molecule has 21 heavy (non-hydrogen) atoms. The number of benzene rings is 1. The van der Waals surface area contributed by atoms with Crippen molar-refractivity contribution in [3.63, 3.8) is 0 Å². The van der Waals surface area contributed by atoms with Gasteiger partial charge < -0.3 is 10.6 Å². The van der Waals surface area contributed by atoms with Crippen LogP contribution < -0.4 is 10.6 Å². The van der Waals surface area contributed by atoms with Crippen LogP contribution in [0.15, 0.2) is 30.3 Å². The summed E-state index contributed by atoms with van der Waals surface area (Å²) in [7, 11) is 2.02. The van der Waals surface area contributed by atoms with E-state index in [4.69, 9.17) is 16.1 Å². The minimum absolute atomic E-state index is 0.0619. The Morgan fingerprint density at radius 2 is 1.95 bits per heavy atom.